The van der Waals surface area contributed by atoms with Crippen molar-refractivity contribution in [2.24, 2.45) is 23.1 Å². The summed E-state index contributed by atoms with van der Waals surface area (Å²) in [7, 11) is 0. The molecular formula is C24H36N6O7. The molecular weight excluding hydrogens is 484 g/mol. The van der Waals surface area contributed by atoms with Gasteiger partial charge in [-0.2, -0.15) is 0 Å². The zero-order valence-electron chi connectivity index (χ0n) is 20.9. The van der Waals surface area contributed by atoms with E-state index in [0.717, 1.165) is 0 Å². The molecule has 1 rings (SSSR count). The molecule has 0 aliphatic carbocycles. The Morgan fingerprint density at radius 3 is 1.84 bits per heavy atom. The van der Waals surface area contributed by atoms with Crippen LogP contribution < -0.4 is 33.2 Å². The van der Waals surface area contributed by atoms with Crippen molar-refractivity contribution < 1.29 is 33.9 Å². The third-order valence-corrected chi connectivity index (χ3v) is 5.50. The van der Waals surface area contributed by atoms with Crippen molar-refractivity contribution in [2.75, 3.05) is 0 Å². The van der Waals surface area contributed by atoms with Crippen LogP contribution in [-0.4, -0.2) is 64.8 Å². The monoisotopic (exact) mass is 520 g/mol. The summed E-state index contributed by atoms with van der Waals surface area (Å²) in [5, 5.41) is 17.0. The molecule has 0 heterocycles. The first-order valence-electron chi connectivity index (χ1n) is 11.8. The number of nitrogens with one attached hydrogen (secondary N) is 3. The Balaban J connectivity index is 2.98. The van der Waals surface area contributed by atoms with Crippen molar-refractivity contribution in [3.05, 3.63) is 35.9 Å². The molecule has 0 aromatic heterocycles. The lowest BCUT2D eigenvalue weighted by Crippen LogP contribution is -2.58. The van der Waals surface area contributed by atoms with Gasteiger partial charge in [0.15, 0.2) is 0 Å². The minimum atomic E-state index is -1.31. The molecule has 0 saturated carbocycles. The second-order valence-corrected chi connectivity index (χ2v) is 9.00. The Bertz CT molecular complexity index is 970. The molecule has 0 spiro atoms. The number of amides is 5. The lowest BCUT2D eigenvalue weighted by molar-refractivity contribution is -0.142. The fourth-order valence-electron chi connectivity index (χ4n) is 3.36. The van der Waals surface area contributed by atoms with Crippen LogP contribution in [0.25, 0.3) is 0 Å². The molecule has 4 unspecified atom stereocenters. The van der Waals surface area contributed by atoms with Crippen molar-refractivity contribution in [2.45, 2.75) is 70.1 Å². The molecule has 0 radical (unpaired) electrons. The number of rotatable bonds is 16. The molecule has 0 aliphatic rings. The number of benzene rings is 1. The molecule has 0 fully saturated rings. The number of aliphatic carboxylic acids is 1. The molecule has 0 aliphatic heterocycles. The number of carbonyl (C=O) groups excluding carboxylic acids is 5. The van der Waals surface area contributed by atoms with Crippen LogP contribution in [-0.2, 0) is 35.2 Å². The Labute approximate surface area is 214 Å². The highest BCUT2D eigenvalue weighted by Crippen LogP contribution is 2.08. The van der Waals surface area contributed by atoms with Crippen LogP contribution in [0.1, 0.15) is 45.1 Å². The second-order valence-electron chi connectivity index (χ2n) is 9.00. The summed E-state index contributed by atoms with van der Waals surface area (Å²) < 4.78 is 0. The summed E-state index contributed by atoms with van der Waals surface area (Å²) >= 11 is 0. The van der Waals surface area contributed by atoms with Crippen LogP contribution in [0.15, 0.2) is 30.3 Å². The van der Waals surface area contributed by atoms with E-state index in [-0.39, 0.29) is 32.1 Å². The quantitative estimate of drug-likeness (QED) is 0.132. The molecule has 5 amide bonds. The van der Waals surface area contributed by atoms with Crippen LogP contribution >= 0.6 is 0 Å². The molecule has 4 atom stereocenters. The van der Waals surface area contributed by atoms with Gasteiger partial charge in [0.1, 0.15) is 18.1 Å². The molecule has 1 aromatic rings. The average molecular weight is 521 g/mol. The fourth-order valence-corrected chi connectivity index (χ4v) is 3.36. The first-order valence-corrected chi connectivity index (χ1v) is 11.8. The van der Waals surface area contributed by atoms with E-state index in [1.807, 2.05) is 0 Å². The maximum absolute atomic E-state index is 13.0. The summed E-state index contributed by atoms with van der Waals surface area (Å²) in [5.74, 6) is -5.33. The van der Waals surface area contributed by atoms with Crippen molar-refractivity contribution in [3.63, 3.8) is 0 Å². The van der Waals surface area contributed by atoms with Crippen LogP contribution in [0, 0.1) is 5.92 Å². The van der Waals surface area contributed by atoms with Gasteiger partial charge >= 0.3 is 5.97 Å². The Morgan fingerprint density at radius 2 is 1.32 bits per heavy atom. The van der Waals surface area contributed by atoms with Crippen LogP contribution in [0.2, 0.25) is 0 Å². The summed E-state index contributed by atoms with van der Waals surface area (Å²) in [6.07, 6.45) is -0.593. The molecule has 204 valence electrons. The number of hydrogen-bond acceptors (Lipinski definition) is 7. The number of primary amides is 2. The summed E-state index contributed by atoms with van der Waals surface area (Å²) in [6.45, 7) is 3.30. The molecule has 13 nitrogen and oxygen atoms in total. The Hall–Kier alpha value is -4.00. The van der Waals surface area contributed by atoms with Crippen molar-refractivity contribution in [1.82, 2.24) is 16.0 Å². The molecule has 1 aromatic carbocycles. The standard InChI is InChI=1S/C24H36N6O7/c1-13(2)20(30-21(33)15(25)8-10-18(26)31)23(35)28-16(9-11-19(27)32)22(34)29-17(24(36)37)12-14-6-4-3-5-7-14/h3-7,13,15-17,20H,8-12,25H2,1-2H3,(H2,26,31)(H2,27,32)(H,28,35)(H,29,34)(H,30,33)(H,36,37). The summed E-state index contributed by atoms with van der Waals surface area (Å²) in [5.41, 5.74) is 16.7. The molecule has 13 heteroatoms. The number of hydrogen-bond donors (Lipinski definition) is 7. The van der Waals surface area contributed by atoms with Gasteiger partial charge in [-0.25, -0.2) is 4.79 Å². The van der Waals surface area contributed by atoms with Gasteiger partial charge in [0, 0.05) is 19.3 Å². The van der Waals surface area contributed by atoms with Crippen LogP contribution in [0.4, 0.5) is 0 Å². The van der Waals surface area contributed by atoms with E-state index in [9.17, 15) is 33.9 Å². The van der Waals surface area contributed by atoms with Crippen LogP contribution in [0.3, 0.4) is 0 Å². The van der Waals surface area contributed by atoms with E-state index >= 15 is 0 Å². The zero-order valence-corrected chi connectivity index (χ0v) is 20.9. The van der Waals surface area contributed by atoms with E-state index in [2.05, 4.69) is 16.0 Å². The Kier molecular flexibility index (Phi) is 12.7. The minimum absolute atomic E-state index is 0.00767. The van der Waals surface area contributed by atoms with E-state index < -0.39 is 65.6 Å². The van der Waals surface area contributed by atoms with Crippen molar-refractivity contribution in [3.8, 4) is 0 Å². The van der Waals surface area contributed by atoms with Crippen LogP contribution in [0.5, 0.6) is 0 Å². The maximum atomic E-state index is 13.0. The summed E-state index contributed by atoms with van der Waals surface area (Å²) in [6, 6.07) is 3.82. The number of nitrogens with two attached hydrogens (primary N) is 3. The highest BCUT2D eigenvalue weighted by Gasteiger charge is 2.32. The fraction of sp³-hybridized carbons (Fsp3) is 0.500. The molecule has 37 heavy (non-hydrogen) atoms. The predicted octanol–water partition coefficient (Wildman–Crippen LogP) is -1.72. The Morgan fingerprint density at radius 1 is 0.784 bits per heavy atom. The van der Waals surface area contributed by atoms with Crippen molar-refractivity contribution >= 4 is 35.5 Å². The predicted molar refractivity (Wildman–Crippen MR) is 133 cm³/mol. The highest BCUT2D eigenvalue weighted by molar-refractivity contribution is 5.94. The molecule has 10 N–H and O–H groups in total. The lowest BCUT2D eigenvalue weighted by atomic mass is 10.0. The van der Waals surface area contributed by atoms with E-state index in [1.54, 1.807) is 44.2 Å². The smallest absolute Gasteiger partial charge is 0.326 e. The van der Waals surface area contributed by atoms with Crippen molar-refractivity contribution in [1.29, 1.82) is 0 Å². The van der Waals surface area contributed by atoms with Gasteiger partial charge in [-0.15, -0.1) is 0 Å². The van der Waals surface area contributed by atoms with Gasteiger partial charge in [0.2, 0.25) is 29.5 Å². The summed E-state index contributed by atoms with van der Waals surface area (Å²) in [4.78, 5) is 72.5. The first kappa shape index (κ1) is 31.0. The SMILES string of the molecule is CC(C)C(NC(=O)C(N)CCC(N)=O)C(=O)NC(CCC(N)=O)C(=O)NC(Cc1ccccc1)C(=O)O. The van der Waals surface area contributed by atoms with Gasteiger partial charge in [0.05, 0.1) is 6.04 Å². The second kappa shape index (κ2) is 15.2. The topological polar surface area (TPSA) is 237 Å². The number of carboxylic acid groups (broad SMARTS) is 1. The normalized spacial score (nSPS) is 14.1. The largest absolute Gasteiger partial charge is 0.480 e. The molecule has 0 bridgehead atoms. The lowest BCUT2D eigenvalue weighted by Gasteiger charge is -2.27. The van der Waals surface area contributed by atoms with Gasteiger partial charge < -0.3 is 38.3 Å². The maximum Gasteiger partial charge on any atom is 0.326 e. The van der Waals surface area contributed by atoms with Gasteiger partial charge in [-0.1, -0.05) is 44.2 Å². The zero-order chi connectivity index (χ0) is 28.1. The van der Waals surface area contributed by atoms with E-state index in [1.165, 1.54) is 0 Å². The van der Waals surface area contributed by atoms with Gasteiger partial charge in [-0.3, -0.25) is 24.0 Å². The third-order valence-electron chi connectivity index (χ3n) is 5.50. The molecule has 0 saturated heterocycles. The number of carbonyl (C=O) groups is 6. The van der Waals surface area contributed by atoms with Gasteiger partial charge in [-0.05, 0) is 24.3 Å². The third kappa shape index (κ3) is 11.5. The van der Waals surface area contributed by atoms with E-state index in [4.69, 9.17) is 17.2 Å². The first-order chi connectivity index (χ1) is 17.3. The highest BCUT2D eigenvalue weighted by atomic mass is 16.4. The van der Waals surface area contributed by atoms with Gasteiger partial charge in [0.25, 0.3) is 0 Å². The average Bonchev–Trinajstić information content (AvgIpc) is 2.82. The minimum Gasteiger partial charge on any atom is -0.480 e. The number of carboxylic acids is 1. The van der Waals surface area contributed by atoms with E-state index in [0.29, 0.717) is 5.56 Å².